The van der Waals surface area contributed by atoms with Crippen molar-refractivity contribution in [3.8, 4) is 5.88 Å². The molecule has 0 aliphatic heterocycles. The summed E-state index contributed by atoms with van der Waals surface area (Å²) in [5.74, 6) is -0.998. The van der Waals surface area contributed by atoms with Gasteiger partial charge in [-0.2, -0.15) is 8.78 Å². The average Bonchev–Trinajstić information content (AvgIpc) is 2.62. The molecule has 0 saturated heterocycles. The van der Waals surface area contributed by atoms with E-state index in [-0.39, 0.29) is 27.8 Å². The molecule has 0 fully saturated rings. The maximum absolute atomic E-state index is 12.7. The number of alkyl halides is 2. The van der Waals surface area contributed by atoms with Gasteiger partial charge in [0.05, 0.1) is 11.3 Å². The Morgan fingerprint density at radius 3 is 2.59 bits per heavy atom. The zero-order valence-corrected chi connectivity index (χ0v) is 16.2. The summed E-state index contributed by atoms with van der Waals surface area (Å²) in [7, 11) is -4.24. The van der Waals surface area contributed by atoms with Crippen LogP contribution < -0.4 is 15.2 Å². The topological polar surface area (TPSA) is 111 Å². The molecule has 0 atom stereocenters. The second-order valence-electron chi connectivity index (χ2n) is 5.93. The minimum Gasteiger partial charge on any atom is -0.416 e. The van der Waals surface area contributed by atoms with Crippen molar-refractivity contribution in [3.63, 3.8) is 0 Å². The molecule has 1 heterocycles. The van der Waals surface area contributed by atoms with Crippen molar-refractivity contribution in [1.82, 2.24) is 4.98 Å². The van der Waals surface area contributed by atoms with Gasteiger partial charge in [-0.05, 0) is 29.8 Å². The standard InChI is InChI=1S/C18H14ClF2N3O4S/c19-14-4-2-1-3-10(14)7-16(25)24-11-8-13-12(15(9-11)29(22,26)27)5-6-23-17(13)28-18(20)21/h1-6,8-9,18H,7H2,(H,24,25)(H2,22,26,27). The van der Waals surface area contributed by atoms with Crippen LogP contribution in [-0.4, -0.2) is 25.9 Å². The number of nitrogens with two attached hydrogens (primary N) is 1. The number of amides is 1. The van der Waals surface area contributed by atoms with Gasteiger partial charge < -0.3 is 10.1 Å². The molecule has 1 amide bonds. The third-order valence-electron chi connectivity index (χ3n) is 3.91. The molecule has 0 aliphatic carbocycles. The fourth-order valence-corrected chi connectivity index (χ4v) is 3.71. The number of halogens is 3. The van der Waals surface area contributed by atoms with E-state index in [2.05, 4.69) is 15.0 Å². The Morgan fingerprint density at radius 2 is 1.93 bits per heavy atom. The van der Waals surface area contributed by atoms with Crippen LogP contribution in [0.25, 0.3) is 10.8 Å². The molecular formula is C18H14ClF2N3O4S. The largest absolute Gasteiger partial charge is 0.416 e. The summed E-state index contributed by atoms with van der Waals surface area (Å²) < 4.78 is 53.7. The smallest absolute Gasteiger partial charge is 0.388 e. The summed E-state index contributed by atoms with van der Waals surface area (Å²) in [6.45, 7) is -3.18. The maximum atomic E-state index is 12.7. The van der Waals surface area contributed by atoms with Crippen molar-refractivity contribution in [3.05, 3.63) is 59.2 Å². The minimum atomic E-state index is -4.24. The number of anilines is 1. The number of hydrogen-bond acceptors (Lipinski definition) is 5. The van der Waals surface area contributed by atoms with E-state index in [4.69, 9.17) is 16.7 Å². The van der Waals surface area contributed by atoms with Crippen molar-refractivity contribution in [2.24, 2.45) is 5.14 Å². The number of carbonyl (C=O) groups excluding carboxylic acids is 1. The molecule has 11 heteroatoms. The third kappa shape index (κ3) is 4.97. The first-order chi connectivity index (χ1) is 13.6. The van der Waals surface area contributed by atoms with Crippen molar-refractivity contribution in [2.45, 2.75) is 17.9 Å². The fraction of sp³-hybridized carbons (Fsp3) is 0.111. The Balaban J connectivity index is 2.03. The number of fused-ring (bicyclic) bond motifs is 1. The first-order valence-electron chi connectivity index (χ1n) is 8.09. The van der Waals surface area contributed by atoms with Crippen molar-refractivity contribution in [2.75, 3.05) is 5.32 Å². The normalized spacial score (nSPS) is 11.6. The Hall–Kier alpha value is -2.82. The van der Waals surface area contributed by atoms with Gasteiger partial charge in [-0.15, -0.1) is 0 Å². The monoisotopic (exact) mass is 441 g/mol. The fourth-order valence-electron chi connectivity index (χ4n) is 2.73. The summed E-state index contributed by atoms with van der Waals surface area (Å²) in [4.78, 5) is 15.7. The first-order valence-corrected chi connectivity index (χ1v) is 10.0. The van der Waals surface area contributed by atoms with Crippen LogP contribution in [0.2, 0.25) is 5.02 Å². The van der Waals surface area contributed by atoms with E-state index in [9.17, 15) is 22.0 Å². The van der Waals surface area contributed by atoms with E-state index < -0.39 is 28.4 Å². The molecule has 0 aliphatic rings. The van der Waals surface area contributed by atoms with Gasteiger partial charge in [0.15, 0.2) is 0 Å². The van der Waals surface area contributed by atoms with Gasteiger partial charge >= 0.3 is 6.61 Å². The van der Waals surface area contributed by atoms with E-state index in [1.165, 1.54) is 12.1 Å². The SMILES string of the molecule is NS(=O)(=O)c1cc(NC(=O)Cc2ccccc2Cl)cc2c(OC(F)F)nccc12. The number of benzene rings is 2. The number of nitrogens with zero attached hydrogens (tertiary/aromatic N) is 1. The summed E-state index contributed by atoms with van der Waals surface area (Å²) in [6.07, 6.45) is 1.03. The highest BCUT2D eigenvalue weighted by Gasteiger charge is 2.19. The number of hydrogen-bond donors (Lipinski definition) is 2. The van der Waals surface area contributed by atoms with Gasteiger partial charge in [0.2, 0.25) is 21.8 Å². The van der Waals surface area contributed by atoms with Crippen LogP contribution in [0.1, 0.15) is 5.56 Å². The zero-order valence-electron chi connectivity index (χ0n) is 14.6. The number of nitrogens with one attached hydrogen (secondary N) is 1. The number of sulfonamides is 1. The lowest BCUT2D eigenvalue weighted by Gasteiger charge is -2.13. The molecule has 3 rings (SSSR count). The van der Waals surface area contributed by atoms with Crippen LogP contribution in [-0.2, 0) is 21.2 Å². The van der Waals surface area contributed by atoms with Crippen LogP contribution in [0.3, 0.4) is 0 Å². The van der Waals surface area contributed by atoms with Gasteiger partial charge in [0.1, 0.15) is 0 Å². The molecule has 0 bridgehead atoms. The number of aromatic nitrogens is 1. The number of carbonyl (C=O) groups is 1. The number of ether oxygens (including phenoxy) is 1. The quantitative estimate of drug-likeness (QED) is 0.609. The van der Waals surface area contributed by atoms with Crippen molar-refractivity contribution < 1.29 is 26.7 Å². The van der Waals surface area contributed by atoms with Gasteiger partial charge in [0.25, 0.3) is 0 Å². The van der Waals surface area contributed by atoms with E-state index >= 15 is 0 Å². The van der Waals surface area contributed by atoms with E-state index in [0.29, 0.717) is 10.6 Å². The second kappa shape index (κ2) is 8.27. The van der Waals surface area contributed by atoms with Gasteiger partial charge in [-0.25, -0.2) is 18.5 Å². The summed E-state index contributed by atoms with van der Waals surface area (Å²) in [5.41, 5.74) is 0.577. The maximum Gasteiger partial charge on any atom is 0.388 e. The lowest BCUT2D eigenvalue weighted by atomic mass is 10.1. The first kappa shape index (κ1) is 20.9. The lowest BCUT2D eigenvalue weighted by molar-refractivity contribution is -0.115. The van der Waals surface area contributed by atoms with E-state index in [1.807, 2.05) is 0 Å². The van der Waals surface area contributed by atoms with E-state index in [1.54, 1.807) is 24.3 Å². The summed E-state index contributed by atoms with van der Waals surface area (Å²) >= 11 is 6.03. The number of pyridine rings is 1. The molecule has 0 radical (unpaired) electrons. The van der Waals surface area contributed by atoms with Gasteiger partial charge in [-0.3, -0.25) is 4.79 Å². The summed E-state index contributed by atoms with van der Waals surface area (Å²) in [6, 6.07) is 10.4. The Labute approximate surface area is 169 Å². The highest BCUT2D eigenvalue weighted by Crippen LogP contribution is 2.32. The Bertz CT molecular complexity index is 1190. The molecule has 0 spiro atoms. The predicted molar refractivity (Wildman–Crippen MR) is 104 cm³/mol. The zero-order chi connectivity index (χ0) is 21.2. The van der Waals surface area contributed by atoms with Crippen LogP contribution in [0, 0.1) is 0 Å². The highest BCUT2D eigenvalue weighted by molar-refractivity contribution is 7.89. The second-order valence-corrected chi connectivity index (χ2v) is 7.86. The highest BCUT2D eigenvalue weighted by atomic mass is 35.5. The predicted octanol–water partition coefficient (Wildman–Crippen LogP) is 3.32. The Kier molecular flexibility index (Phi) is 5.96. The van der Waals surface area contributed by atoms with Gasteiger partial charge in [-0.1, -0.05) is 29.8 Å². The van der Waals surface area contributed by atoms with E-state index in [0.717, 1.165) is 12.3 Å². The number of primary sulfonamides is 1. The van der Waals surface area contributed by atoms with Crippen molar-refractivity contribution >= 4 is 44.0 Å². The molecule has 0 saturated carbocycles. The van der Waals surface area contributed by atoms with Crippen LogP contribution in [0.4, 0.5) is 14.5 Å². The van der Waals surface area contributed by atoms with Gasteiger partial charge in [0, 0.05) is 27.7 Å². The summed E-state index contributed by atoms with van der Waals surface area (Å²) in [5, 5.41) is 8.14. The van der Waals surface area contributed by atoms with Crippen LogP contribution >= 0.6 is 11.6 Å². The average molecular weight is 442 g/mol. The molecule has 152 valence electrons. The molecular weight excluding hydrogens is 428 g/mol. The molecule has 3 N–H and O–H groups in total. The minimum absolute atomic E-state index is 0.0192. The third-order valence-corrected chi connectivity index (χ3v) is 5.22. The van der Waals surface area contributed by atoms with Crippen LogP contribution in [0.5, 0.6) is 5.88 Å². The number of rotatable bonds is 6. The molecule has 1 aromatic heterocycles. The van der Waals surface area contributed by atoms with Crippen LogP contribution in [0.15, 0.2) is 53.6 Å². The Morgan fingerprint density at radius 1 is 1.21 bits per heavy atom. The lowest BCUT2D eigenvalue weighted by Crippen LogP contribution is -2.17. The molecule has 0 unspecified atom stereocenters. The molecule has 7 nitrogen and oxygen atoms in total. The molecule has 29 heavy (non-hydrogen) atoms. The molecule has 3 aromatic rings. The molecule has 2 aromatic carbocycles. The van der Waals surface area contributed by atoms with Crippen molar-refractivity contribution in [1.29, 1.82) is 0 Å².